The van der Waals surface area contributed by atoms with Crippen molar-refractivity contribution in [2.75, 3.05) is 17.9 Å². The minimum Gasteiger partial charge on any atom is -0.358 e. The van der Waals surface area contributed by atoms with Gasteiger partial charge in [0.15, 0.2) is 0 Å². The molecule has 0 fully saturated rings. The first-order chi connectivity index (χ1) is 12.1. The highest BCUT2D eigenvalue weighted by Gasteiger charge is 2.33. The van der Waals surface area contributed by atoms with Gasteiger partial charge in [0, 0.05) is 7.05 Å². The van der Waals surface area contributed by atoms with Gasteiger partial charge < -0.3 is 5.32 Å². The lowest BCUT2D eigenvalue weighted by atomic mass is 10.2. The van der Waals surface area contributed by atoms with E-state index < -0.39 is 34.2 Å². The fraction of sp³-hybridized carbons (Fsp3) is 0.235. The van der Waals surface area contributed by atoms with Crippen LogP contribution in [0.4, 0.5) is 18.9 Å². The molecule has 0 saturated carbocycles. The maximum Gasteiger partial charge on any atom is 0.416 e. The predicted molar refractivity (Wildman–Crippen MR) is 91.2 cm³/mol. The highest BCUT2D eigenvalue weighted by atomic mass is 32.2. The summed E-state index contributed by atoms with van der Waals surface area (Å²) < 4.78 is 65.4. The Kier molecular flexibility index (Phi) is 5.60. The summed E-state index contributed by atoms with van der Waals surface area (Å²) in [5, 5.41) is 2.28. The summed E-state index contributed by atoms with van der Waals surface area (Å²) >= 11 is 0. The third-order valence-corrected chi connectivity index (χ3v) is 5.42. The average molecular weight is 386 g/mol. The molecule has 2 rings (SSSR count). The normalized spacial score (nSPS) is 11.9. The van der Waals surface area contributed by atoms with Crippen molar-refractivity contribution < 1.29 is 26.4 Å². The lowest BCUT2D eigenvalue weighted by molar-refractivity contribution is -0.137. The Bertz CT molecular complexity index is 894. The van der Waals surface area contributed by atoms with Gasteiger partial charge >= 0.3 is 6.18 Å². The number of halogens is 3. The van der Waals surface area contributed by atoms with Crippen LogP contribution in [0.1, 0.15) is 11.1 Å². The molecule has 1 amide bonds. The monoisotopic (exact) mass is 386 g/mol. The van der Waals surface area contributed by atoms with Crippen molar-refractivity contribution >= 4 is 21.6 Å². The van der Waals surface area contributed by atoms with Crippen LogP contribution >= 0.6 is 0 Å². The SMILES string of the molecule is CNC(=O)CN(c1cccc(C(F)(F)F)c1)S(=O)(=O)c1ccc(C)cc1. The summed E-state index contributed by atoms with van der Waals surface area (Å²) in [6.45, 7) is 1.12. The van der Waals surface area contributed by atoms with E-state index >= 15 is 0 Å². The van der Waals surface area contributed by atoms with Gasteiger partial charge in [-0.05, 0) is 37.3 Å². The Morgan fingerprint density at radius 1 is 1.12 bits per heavy atom. The lowest BCUT2D eigenvalue weighted by Crippen LogP contribution is -2.39. The van der Waals surface area contributed by atoms with Crippen LogP contribution in [0, 0.1) is 6.92 Å². The Morgan fingerprint density at radius 2 is 1.73 bits per heavy atom. The van der Waals surface area contributed by atoms with E-state index in [4.69, 9.17) is 0 Å². The third-order valence-electron chi connectivity index (χ3n) is 3.64. The standard InChI is InChI=1S/C17H17F3N2O3S/c1-12-6-8-15(9-7-12)26(24,25)22(11-16(23)21-2)14-5-3-4-13(10-14)17(18,19)20/h3-10H,11H2,1-2H3,(H,21,23). The van der Waals surface area contributed by atoms with Crippen molar-refractivity contribution in [3.8, 4) is 0 Å². The Balaban J connectivity index is 2.57. The molecule has 0 aliphatic carbocycles. The van der Waals surface area contributed by atoms with Crippen molar-refractivity contribution in [2.24, 2.45) is 0 Å². The number of rotatable bonds is 5. The van der Waals surface area contributed by atoms with Crippen molar-refractivity contribution in [1.82, 2.24) is 5.32 Å². The molecule has 5 nitrogen and oxygen atoms in total. The second-order valence-corrected chi connectivity index (χ2v) is 7.41. The average Bonchev–Trinajstić information content (AvgIpc) is 2.59. The van der Waals surface area contributed by atoms with Gasteiger partial charge in [0.1, 0.15) is 6.54 Å². The fourth-order valence-corrected chi connectivity index (χ4v) is 3.61. The summed E-state index contributed by atoms with van der Waals surface area (Å²) in [4.78, 5) is 11.6. The van der Waals surface area contributed by atoms with E-state index in [1.54, 1.807) is 19.1 Å². The first-order valence-corrected chi connectivity index (χ1v) is 8.97. The van der Waals surface area contributed by atoms with Crippen molar-refractivity contribution in [1.29, 1.82) is 0 Å². The number of aryl methyl sites for hydroxylation is 1. The number of nitrogens with zero attached hydrogens (tertiary/aromatic N) is 1. The highest BCUT2D eigenvalue weighted by Crippen LogP contribution is 2.33. The van der Waals surface area contributed by atoms with Crippen LogP contribution in [0.2, 0.25) is 0 Å². The van der Waals surface area contributed by atoms with E-state index in [1.165, 1.54) is 25.2 Å². The molecule has 0 radical (unpaired) electrons. The van der Waals surface area contributed by atoms with E-state index in [9.17, 15) is 26.4 Å². The molecule has 0 heterocycles. The summed E-state index contributed by atoms with van der Waals surface area (Å²) in [7, 11) is -2.92. The van der Waals surface area contributed by atoms with Crippen LogP contribution in [0.5, 0.6) is 0 Å². The number of likely N-dealkylation sites (N-methyl/N-ethyl adjacent to an activating group) is 1. The molecule has 0 atom stereocenters. The summed E-state index contributed by atoms with van der Waals surface area (Å²) in [6.07, 6.45) is -4.64. The number of carbonyl (C=O) groups is 1. The molecule has 0 aliphatic heterocycles. The molecule has 0 unspecified atom stereocenters. The number of amides is 1. The van der Waals surface area contributed by atoms with Gasteiger partial charge in [-0.3, -0.25) is 9.10 Å². The van der Waals surface area contributed by atoms with E-state index in [1.807, 2.05) is 0 Å². The first kappa shape index (κ1) is 19.8. The second kappa shape index (κ2) is 7.36. The number of benzene rings is 2. The number of anilines is 1. The highest BCUT2D eigenvalue weighted by molar-refractivity contribution is 7.92. The smallest absolute Gasteiger partial charge is 0.358 e. The molecule has 2 aromatic rings. The molecular formula is C17H17F3N2O3S. The van der Waals surface area contributed by atoms with Gasteiger partial charge in [-0.2, -0.15) is 13.2 Å². The minimum atomic E-state index is -4.64. The molecule has 140 valence electrons. The zero-order valence-corrected chi connectivity index (χ0v) is 14.9. The molecule has 2 aromatic carbocycles. The van der Waals surface area contributed by atoms with Gasteiger partial charge in [0.05, 0.1) is 16.1 Å². The summed E-state index contributed by atoms with van der Waals surface area (Å²) in [5.41, 5.74) is -0.430. The number of alkyl halides is 3. The summed E-state index contributed by atoms with van der Waals surface area (Å²) in [5.74, 6) is -0.655. The van der Waals surface area contributed by atoms with Crippen LogP contribution < -0.4 is 9.62 Å². The van der Waals surface area contributed by atoms with Crippen LogP contribution in [-0.4, -0.2) is 27.9 Å². The largest absolute Gasteiger partial charge is 0.416 e. The van der Waals surface area contributed by atoms with E-state index in [-0.39, 0.29) is 10.6 Å². The zero-order chi connectivity index (χ0) is 19.5. The third kappa shape index (κ3) is 4.34. The first-order valence-electron chi connectivity index (χ1n) is 7.53. The number of hydrogen-bond acceptors (Lipinski definition) is 3. The zero-order valence-electron chi connectivity index (χ0n) is 14.0. The second-order valence-electron chi connectivity index (χ2n) is 5.55. The van der Waals surface area contributed by atoms with Crippen molar-refractivity contribution in [2.45, 2.75) is 18.0 Å². The lowest BCUT2D eigenvalue weighted by Gasteiger charge is -2.24. The van der Waals surface area contributed by atoms with Gasteiger partial charge in [0.2, 0.25) is 5.91 Å². The van der Waals surface area contributed by atoms with Gasteiger partial charge in [0.25, 0.3) is 10.0 Å². The topological polar surface area (TPSA) is 66.5 Å². The van der Waals surface area contributed by atoms with Crippen LogP contribution in [0.3, 0.4) is 0 Å². The van der Waals surface area contributed by atoms with E-state index in [0.717, 1.165) is 17.7 Å². The predicted octanol–water partition coefficient (Wildman–Crippen LogP) is 2.96. The minimum absolute atomic E-state index is 0.121. The van der Waals surface area contributed by atoms with Gasteiger partial charge in [-0.1, -0.05) is 23.8 Å². The van der Waals surface area contributed by atoms with Crippen molar-refractivity contribution in [3.05, 3.63) is 59.7 Å². The molecule has 9 heteroatoms. The summed E-state index contributed by atoms with van der Waals surface area (Å²) in [6, 6.07) is 9.66. The number of nitrogens with one attached hydrogen (secondary N) is 1. The van der Waals surface area contributed by atoms with Crippen LogP contribution in [0.15, 0.2) is 53.4 Å². The molecular weight excluding hydrogens is 369 g/mol. The fourth-order valence-electron chi connectivity index (χ4n) is 2.20. The molecule has 0 aromatic heterocycles. The molecule has 1 N–H and O–H groups in total. The quantitative estimate of drug-likeness (QED) is 0.859. The molecule has 26 heavy (non-hydrogen) atoms. The van der Waals surface area contributed by atoms with E-state index in [2.05, 4.69) is 5.32 Å². The Labute approximate surface area is 149 Å². The number of carbonyl (C=O) groups excluding carboxylic acids is 1. The Hall–Kier alpha value is -2.55. The molecule has 0 bridgehead atoms. The Morgan fingerprint density at radius 3 is 2.27 bits per heavy atom. The number of hydrogen-bond donors (Lipinski definition) is 1. The number of sulfonamides is 1. The van der Waals surface area contributed by atoms with Crippen molar-refractivity contribution in [3.63, 3.8) is 0 Å². The van der Waals surface area contributed by atoms with E-state index in [0.29, 0.717) is 10.4 Å². The molecule has 0 saturated heterocycles. The maximum atomic E-state index is 13.0. The van der Waals surface area contributed by atoms with Crippen LogP contribution in [0.25, 0.3) is 0 Å². The maximum absolute atomic E-state index is 13.0. The van der Waals surface area contributed by atoms with Gasteiger partial charge in [-0.15, -0.1) is 0 Å². The van der Waals surface area contributed by atoms with Crippen LogP contribution in [-0.2, 0) is 21.0 Å². The van der Waals surface area contributed by atoms with Gasteiger partial charge in [-0.25, -0.2) is 8.42 Å². The molecule has 0 aliphatic rings. The molecule has 0 spiro atoms.